The predicted octanol–water partition coefficient (Wildman–Crippen LogP) is 3.36. The monoisotopic (exact) mass is 380 g/mol. The molecule has 0 amide bonds. The van der Waals surface area contributed by atoms with Crippen LogP contribution in [0, 0.1) is 11.3 Å². The molecule has 5 nitrogen and oxygen atoms in total. The second-order valence-electron chi connectivity index (χ2n) is 8.29. The van der Waals surface area contributed by atoms with Crippen molar-refractivity contribution in [3.05, 3.63) is 24.3 Å². The van der Waals surface area contributed by atoms with E-state index in [0.717, 1.165) is 24.4 Å². The van der Waals surface area contributed by atoms with Crippen LogP contribution in [0.5, 0.6) is 5.75 Å². The maximum atomic E-state index is 12.7. The number of nitrogens with zero attached hydrogens (tertiary/aromatic N) is 2. The van der Waals surface area contributed by atoms with E-state index in [1.807, 2.05) is 26.0 Å². The Morgan fingerprint density at radius 2 is 1.81 bits per heavy atom. The number of benzene rings is 1. The van der Waals surface area contributed by atoms with E-state index in [-0.39, 0.29) is 17.2 Å². The van der Waals surface area contributed by atoms with E-state index in [1.165, 1.54) is 0 Å². The molecule has 0 saturated carbocycles. The molecule has 4 rings (SSSR count). The molecule has 3 fully saturated rings. The van der Waals surface area contributed by atoms with Crippen LogP contribution < -0.4 is 9.64 Å². The Bertz CT molecular complexity index is 715. The van der Waals surface area contributed by atoms with Crippen LogP contribution in [-0.4, -0.2) is 50.8 Å². The van der Waals surface area contributed by atoms with Gasteiger partial charge in [0.1, 0.15) is 5.75 Å². The summed E-state index contributed by atoms with van der Waals surface area (Å²) in [7, 11) is -3.17. The highest BCUT2D eigenvalue weighted by Crippen LogP contribution is 2.44. The molecular weight excluding hydrogens is 348 g/mol. The molecule has 2 bridgehead atoms. The summed E-state index contributed by atoms with van der Waals surface area (Å²) in [5.74, 6) is 1.49. The van der Waals surface area contributed by atoms with Gasteiger partial charge in [-0.2, -0.15) is 4.31 Å². The van der Waals surface area contributed by atoms with Crippen LogP contribution in [0.15, 0.2) is 24.3 Å². The first-order valence-corrected chi connectivity index (χ1v) is 11.3. The minimum absolute atomic E-state index is 0.0813. The van der Waals surface area contributed by atoms with E-state index < -0.39 is 10.0 Å². The van der Waals surface area contributed by atoms with Gasteiger partial charge in [0.15, 0.2) is 0 Å². The van der Waals surface area contributed by atoms with Crippen LogP contribution in [-0.2, 0) is 10.0 Å². The molecule has 1 aromatic carbocycles. The van der Waals surface area contributed by atoms with Gasteiger partial charge in [-0.15, -0.1) is 0 Å². The molecule has 2 atom stereocenters. The van der Waals surface area contributed by atoms with E-state index in [4.69, 9.17) is 4.74 Å². The Labute approximate surface area is 158 Å². The number of sulfonamides is 1. The molecule has 3 saturated heterocycles. The molecule has 3 heterocycles. The zero-order valence-corrected chi connectivity index (χ0v) is 17.3. The fourth-order valence-corrected chi connectivity index (χ4v) is 6.18. The summed E-state index contributed by atoms with van der Waals surface area (Å²) in [4.78, 5) is 2.42. The number of ether oxygens (including phenoxy) is 1. The molecule has 0 aliphatic carbocycles. The van der Waals surface area contributed by atoms with Crippen LogP contribution in [0.1, 0.15) is 40.5 Å². The highest BCUT2D eigenvalue weighted by Gasteiger charge is 2.47. The molecule has 0 radical (unpaired) electrons. The second kappa shape index (κ2) is 7.39. The van der Waals surface area contributed by atoms with Crippen molar-refractivity contribution in [2.75, 3.05) is 36.9 Å². The van der Waals surface area contributed by atoms with Gasteiger partial charge in [0.2, 0.25) is 10.0 Å². The second-order valence-corrected chi connectivity index (χ2v) is 10.4. The van der Waals surface area contributed by atoms with Gasteiger partial charge in [0.25, 0.3) is 0 Å². The normalized spacial score (nSPS) is 25.9. The first-order chi connectivity index (χ1) is 12.3. The minimum atomic E-state index is -3.17. The van der Waals surface area contributed by atoms with Crippen LogP contribution in [0.4, 0.5) is 5.69 Å². The molecule has 0 N–H and O–H groups in total. The fraction of sp³-hybridized carbons (Fsp3) is 0.700. The number of rotatable bonds is 6. The van der Waals surface area contributed by atoms with E-state index in [2.05, 4.69) is 30.9 Å². The molecule has 0 aromatic heterocycles. The first kappa shape index (κ1) is 19.5. The largest absolute Gasteiger partial charge is 0.494 e. The smallest absolute Gasteiger partial charge is 0.214 e. The van der Waals surface area contributed by atoms with Crippen molar-refractivity contribution in [2.24, 2.45) is 11.3 Å². The van der Waals surface area contributed by atoms with Crippen molar-refractivity contribution < 1.29 is 13.2 Å². The maximum absolute atomic E-state index is 12.7. The number of hydrogen-bond donors (Lipinski definition) is 0. The van der Waals surface area contributed by atoms with Gasteiger partial charge in [-0.25, -0.2) is 8.42 Å². The van der Waals surface area contributed by atoms with Gasteiger partial charge in [0.05, 0.1) is 12.4 Å². The Hall–Kier alpha value is -1.27. The lowest BCUT2D eigenvalue weighted by Gasteiger charge is -2.48. The maximum Gasteiger partial charge on any atom is 0.214 e. The third-order valence-corrected chi connectivity index (χ3v) is 7.73. The van der Waals surface area contributed by atoms with Gasteiger partial charge in [-0.05, 0) is 55.4 Å². The Morgan fingerprint density at radius 3 is 2.42 bits per heavy atom. The topological polar surface area (TPSA) is 49.9 Å². The number of piperidine rings is 1. The fourth-order valence-electron chi connectivity index (χ4n) is 4.60. The zero-order chi connectivity index (χ0) is 18.9. The SMILES string of the molecule is CCCS(=O)(=O)N1CC2CN(c3ccc(OCC)cc3)[C@H](C1)C(C)(C)C2. The molecule has 3 aliphatic heterocycles. The van der Waals surface area contributed by atoms with Crippen molar-refractivity contribution in [3.8, 4) is 5.75 Å². The van der Waals surface area contributed by atoms with E-state index >= 15 is 0 Å². The van der Waals surface area contributed by atoms with Crippen molar-refractivity contribution in [1.29, 1.82) is 0 Å². The van der Waals surface area contributed by atoms with Gasteiger partial charge in [-0.3, -0.25) is 0 Å². The zero-order valence-electron chi connectivity index (χ0n) is 16.4. The first-order valence-electron chi connectivity index (χ1n) is 9.74. The standard InChI is InChI=1S/C20H32N2O3S/c1-5-11-26(23,24)21-13-16-12-20(3,4)19(15-21)22(14-16)17-7-9-18(10-8-17)25-6-2/h7-10,16,19H,5-6,11-15H2,1-4H3/t16?,19-/m1/s1. The van der Waals surface area contributed by atoms with E-state index in [9.17, 15) is 8.42 Å². The van der Waals surface area contributed by atoms with E-state index in [0.29, 0.717) is 32.0 Å². The summed E-state index contributed by atoms with van der Waals surface area (Å²) in [6, 6.07) is 8.41. The lowest BCUT2D eigenvalue weighted by molar-refractivity contribution is 0.192. The van der Waals surface area contributed by atoms with Gasteiger partial charge in [-0.1, -0.05) is 20.8 Å². The molecule has 0 spiro atoms. The number of anilines is 1. The highest BCUT2D eigenvalue weighted by molar-refractivity contribution is 7.89. The molecule has 6 heteroatoms. The Morgan fingerprint density at radius 1 is 1.12 bits per heavy atom. The van der Waals surface area contributed by atoms with Crippen LogP contribution in [0.2, 0.25) is 0 Å². The number of fused-ring (bicyclic) bond motifs is 4. The van der Waals surface area contributed by atoms with Gasteiger partial charge in [0, 0.05) is 31.4 Å². The summed E-state index contributed by atoms with van der Waals surface area (Å²) in [6.45, 7) is 11.3. The van der Waals surface area contributed by atoms with Crippen molar-refractivity contribution in [2.45, 2.75) is 46.6 Å². The molecule has 1 aromatic rings. The predicted molar refractivity (Wildman–Crippen MR) is 106 cm³/mol. The Kier molecular flexibility index (Phi) is 5.54. The molecule has 1 unspecified atom stereocenters. The van der Waals surface area contributed by atoms with E-state index in [1.54, 1.807) is 4.31 Å². The van der Waals surface area contributed by atoms with Crippen molar-refractivity contribution in [3.63, 3.8) is 0 Å². The lowest BCUT2D eigenvalue weighted by atomic mass is 9.73. The van der Waals surface area contributed by atoms with Gasteiger partial charge < -0.3 is 9.64 Å². The van der Waals surface area contributed by atoms with Gasteiger partial charge >= 0.3 is 0 Å². The minimum Gasteiger partial charge on any atom is -0.494 e. The van der Waals surface area contributed by atoms with Crippen molar-refractivity contribution >= 4 is 15.7 Å². The quantitative estimate of drug-likeness (QED) is 0.759. The summed E-state index contributed by atoms with van der Waals surface area (Å²) < 4.78 is 32.8. The Balaban J connectivity index is 1.89. The van der Waals surface area contributed by atoms with Crippen LogP contribution in [0.3, 0.4) is 0 Å². The third kappa shape index (κ3) is 3.86. The lowest BCUT2D eigenvalue weighted by Crippen LogP contribution is -2.54. The van der Waals surface area contributed by atoms with Crippen LogP contribution in [0.25, 0.3) is 0 Å². The van der Waals surface area contributed by atoms with Crippen LogP contribution >= 0.6 is 0 Å². The molecule has 146 valence electrons. The third-order valence-electron chi connectivity index (χ3n) is 5.72. The van der Waals surface area contributed by atoms with Crippen molar-refractivity contribution in [1.82, 2.24) is 4.31 Å². The summed E-state index contributed by atoms with van der Waals surface area (Å²) in [5, 5.41) is 0. The number of hydrogen-bond acceptors (Lipinski definition) is 4. The summed E-state index contributed by atoms with van der Waals surface area (Å²) in [5.41, 5.74) is 1.24. The molecule has 3 aliphatic rings. The average molecular weight is 381 g/mol. The molecule has 26 heavy (non-hydrogen) atoms. The highest BCUT2D eigenvalue weighted by atomic mass is 32.2. The average Bonchev–Trinajstić information content (AvgIpc) is 2.83. The summed E-state index contributed by atoms with van der Waals surface area (Å²) in [6.07, 6.45) is 1.74. The summed E-state index contributed by atoms with van der Waals surface area (Å²) >= 11 is 0. The molecular formula is C20H32N2O3S.